The zero-order valence-electron chi connectivity index (χ0n) is 9.04. The van der Waals surface area contributed by atoms with Gasteiger partial charge in [0, 0.05) is 18.8 Å². The number of hydrogen-bond donors (Lipinski definition) is 2. The molecule has 0 radical (unpaired) electrons. The van der Waals surface area contributed by atoms with Crippen LogP contribution in [-0.4, -0.2) is 34.1 Å². The molecule has 2 N–H and O–H groups in total. The quantitative estimate of drug-likeness (QED) is 0.548. The normalized spacial score (nSPS) is 10.5. The third-order valence-electron chi connectivity index (χ3n) is 1.87. The number of H-pyrrole nitrogens is 1. The summed E-state index contributed by atoms with van der Waals surface area (Å²) in [5.74, 6) is 0.769. The van der Waals surface area contributed by atoms with Crippen LogP contribution in [0.25, 0.3) is 0 Å². The molecule has 5 nitrogen and oxygen atoms in total. The van der Waals surface area contributed by atoms with Crippen molar-refractivity contribution in [2.24, 2.45) is 0 Å². The third kappa shape index (κ3) is 3.24. The van der Waals surface area contributed by atoms with Gasteiger partial charge < -0.3 is 5.32 Å². The van der Waals surface area contributed by atoms with E-state index in [1.54, 1.807) is 4.57 Å². The minimum absolute atomic E-state index is 0.153. The number of nitrogens with one attached hydrogen (secondary N) is 2. The minimum atomic E-state index is -0.153. The van der Waals surface area contributed by atoms with E-state index < -0.39 is 0 Å². The summed E-state index contributed by atoms with van der Waals surface area (Å²) in [6.07, 6.45) is 0. The molecule has 1 heterocycles. The third-order valence-corrected chi connectivity index (χ3v) is 2.99. The first-order chi connectivity index (χ1) is 7.19. The van der Waals surface area contributed by atoms with Gasteiger partial charge in [0.15, 0.2) is 5.16 Å². The molecule has 0 aromatic carbocycles. The molecular formula is C9H16N4OS. The highest BCUT2D eigenvalue weighted by atomic mass is 32.2. The smallest absolute Gasteiger partial charge is 0.316 e. The maximum absolute atomic E-state index is 11.2. The Morgan fingerprint density at radius 2 is 2.47 bits per heavy atom. The summed E-state index contributed by atoms with van der Waals surface area (Å²) >= 11 is 1.52. The zero-order valence-corrected chi connectivity index (χ0v) is 9.86. The van der Waals surface area contributed by atoms with Crippen LogP contribution in [0, 0.1) is 0 Å². The average molecular weight is 228 g/mol. The fourth-order valence-electron chi connectivity index (χ4n) is 1.16. The molecule has 0 aliphatic heterocycles. The second kappa shape index (κ2) is 5.77. The second-order valence-electron chi connectivity index (χ2n) is 3.12. The van der Waals surface area contributed by atoms with Gasteiger partial charge in [0.1, 0.15) is 0 Å². The first-order valence-electron chi connectivity index (χ1n) is 4.78. The Balaban J connectivity index is 2.57. The van der Waals surface area contributed by atoms with Crippen LogP contribution in [0.2, 0.25) is 0 Å². The van der Waals surface area contributed by atoms with E-state index in [-0.39, 0.29) is 5.69 Å². The summed E-state index contributed by atoms with van der Waals surface area (Å²) in [6.45, 7) is 7.25. The Bertz CT molecular complexity index is 382. The van der Waals surface area contributed by atoms with Gasteiger partial charge in [0.2, 0.25) is 0 Å². The lowest BCUT2D eigenvalue weighted by Crippen LogP contribution is -2.16. The largest absolute Gasteiger partial charge is 0.343 e. The standard InChI is InChI=1S/C9H16N4OS/c1-4-13-8(14)11-12-9(13)15-6-7(2)5-10-3/h10H,2,4-6H2,1,3H3,(H,11,14). The first-order valence-corrected chi connectivity index (χ1v) is 5.76. The molecule has 6 heteroatoms. The lowest BCUT2D eigenvalue weighted by atomic mass is 10.3. The Morgan fingerprint density at radius 1 is 1.73 bits per heavy atom. The Hall–Kier alpha value is -1.01. The van der Waals surface area contributed by atoms with E-state index in [2.05, 4.69) is 22.1 Å². The van der Waals surface area contributed by atoms with Crippen molar-refractivity contribution in [1.82, 2.24) is 20.1 Å². The van der Waals surface area contributed by atoms with Crippen LogP contribution in [0.4, 0.5) is 0 Å². The molecule has 0 spiro atoms. The average Bonchev–Trinajstić information content (AvgIpc) is 2.56. The SMILES string of the molecule is C=C(CNC)CSc1n[nH]c(=O)n1CC. The summed E-state index contributed by atoms with van der Waals surface area (Å²) in [7, 11) is 1.88. The van der Waals surface area contributed by atoms with E-state index >= 15 is 0 Å². The van der Waals surface area contributed by atoms with E-state index in [1.165, 1.54) is 11.8 Å². The van der Waals surface area contributed by atoms with Crippen molar-refractivity contribution >= 4 is 11.8 Å². The number of aromatic amines is 1. The van der Waals surface area contributed by atoms with E-state index in [9.17, 15) is 4.79 Å². The first kappa shape index (κ1) is 12.1. The number of nitrogens with zero attached hydrogens (tertiary/aromatic N) is 2. The minimum Gasteiger partial charge on any atom is -0.316 e. The molecule has 0 atom stereocenters. The molecule has 84 valence electrons. The van der Waals surface area contributed by atoms with Gasteiger partial charge in [-0.25, -0.2) is 9.89 Å². The van der Waals surface area contributed by atoms with Gasteiger partial charge in [-0.3, -0.25) is 4.57 Å². The van der Waals surface area contributed by atoms with Gasteiger partial charge in [-0.05, 0) is 14.0 Å². The molecule has 0 aliphatic carbocycles. The molecule has 0 aliphatic rings. The van der Waals surface area contributed by atoms with Crippen molar-refractivity contribution in [1.29, 1.82) is 0 Å². The highest BCUT2D eigenvalue weighted by Crippen LogP contribution is 2.15. The molecular weight excluding hydrogens is 212 g/mol. The lowest BCUT2D eigenvalue weighted by Gasteiger charge is -2.04. The van der Waals surface area contributed by atoms with Crippen LogP contribution in [0.5, 0.6) is 0 Å². The van der Waals surface area contributed by atoms with Crippen molar-refractivity contribution in [2.75, 3.05) is 19.3 Å². The molecule has 0 unspecified atom stereocenters. The Labute approximate surface area is 93.0 Å². The maximum Gasteiger partial charge on any atom is 0.343 e. The molecule has 0 bridgehead atoms. The summed E-state index contributed by atoms with van der Waals surface area (Å²) in [5, 5.41) is 10.1. The van der Waals surface area contributed by atoms with Gasteiger partial charge in [-0.1, -0.05) is 23.9 Å². The molecule has 0 saturated carbocycles. The monoisotopic (exact) mass is 228 g/mol. The summed E-state index contributed by atoms with van der Waals surface area (Å²) < 4.78 is 1.61. The number of thioether (sulfide) groups is 1. The van der Waals surface area contributed by atoms with Gasteiger partial charge in [-0.15, -0.1) is 5.10 Å². The molecule has 1 aromatic heterocycles. The van der Waals surface area contributed by atoms with Crippen LogP contribution in [0.1, 0.15) is 6.92 Å². The Morgan fingerprint density at radius 3 is 3.07 bits per heavy atom. The van der Waals surface area contributed by atoms with Crippen molar-refractivity contribution in [3.05, 3.63) is 22.6 Å². The topological polar surface area (TPSA) is 62.7 Å². The zero-order chi connectivity index (χ0) is 11.3. The molecule has 15 heavy (non-hydrogen) atoms. The summed E-state index contributed by atoms with van der Waals surface area (Å²) in [5.41, 5.74) is 0.930. The molecule has 0 saturated heterocycles. The van der Waals surface area contributed by atoms with Gasteiger partial charge in [0.05, 0.1) is 0 Å². The number of likely N-dealkylation sites (N-methyl/N-ethyl adjacent to an activating group) is 1. The van der Waals surface area contributed by atoms with Gasteiger partial charge in [-0.2, -0.15) is 0 Å². The molecule has 0 amide bonds. The van der Waals surface area contributed by atoms with E-state index in [0.717, 1.165) is 23.0 Å². The number of rotatable bonds is 6. The van der Waals surface area contributed by atoms with Gasteiger partial charge in [0.25, 0.3) is 0 Å². The van der Waals surface area contributed by atoms with Gasteiger partial charge >= 0.3 is 5.69 Å². The predicted molar refractivity (Wildman–Crippen MR) is 62.3 cm³/mol. The van der Waals surface area contributed by atoms with Crippen molar-refractivity contribution < 1.29 is 0 Å². The number of aromatic nitrogens is 3. The van der Waals surface area contributed by atoms with Crippen LogP contribution in [0.3, 0.4) is 0 Å². The van der Waals surface area contributed by atoms with E-state index in [4.69, 9.17) is 0 Å². The summed E-state index contributed by atoms with van der Waals surface area (Å²) in [6, 6.07) is 0. The fraction of sp³-hybridized carbons (Fsp3) is 0.556. The van der Waals surface area contributed by atoms with E-state index in [1.807, 2.05) is 14.0 Å². The predicted octanol–water partition coefficient (Wildman–Crippen LogP) is 0.459. The fourth-order valence-corrected chi connectivity index (χ4v) is 2.07. The lowest BCUT2D eigenvalue weighted by molar-refractivity contribution is 0.660. The van der Waals surface area contributed by atoms with Crippen LogP contribution < -0.4 is 11.0 Å². The van der Waals surface area contributed by atoms with E-state index in [0.29, 0.717) is 6.54 Å². The second-order valence-corrected chi connectivity index (χ2v) is 4.07. The van der Waals surface area contributed by atoms with Crippen LogP contribution in [0.15, 0.2) is 22.1 Å². The molecule has 0 fully saturated rings. The summed E-state index contributed by atoms with van der Waals surface area (Å²) in [4.78, 5) is 11.2. The molecule has 1 rings (SSSR count). The van der Waals surface area contributed by atoms with Crippen LogP contribution >= 0.6 is 11.8 Å². The molecule has 1 aromatic rings. The maximum atomic E-state index is 11.2. The van der Waals surface area contributed by atoms with Crippen molar-refractivity contribution in [3.63, 3.8) is 0 Å². The van der Waals surface area contributed by atoms with Crippen LogP contribution in [-0.2, 0) is 6.54 Å². The highest BCUT2D eigenvalue weighted by molar-refractivity contribution is 7.99. The highest BCUT2D eigenvalue weighted by Gasteiger charge is 2.06. The van der Waals surface area contributed by atoms with Crippen molar-refractivity contribution in [2.45, 2.75) is 18.6 Å². The number of hydrogen-bond acceptors (Lipinski definition) is 4. The Kier molecular flexibility index (Phi) is 4.64. The van der Waals surface area contributed by atoms with Crippen molar-refractivity contribution in [3.8, 4) is 0 Å².